The number of rotatable bonds is 6. The molecule has 11 heteroatoms. The van der Waals surface area contributed by atoms with Gasteiger partial charge >= 0.3 is 12.1 Å². The largest absolute Gasteiger partial charge is 0.490 e. The summed E-state index contributed by atoms with van der Waals surface area (Å²) >= 11 is 0. The number of carbonyl (C=O) groups is 2. The molecule has 43 heavy (non-hydrogen) atoms. The first kappa shape index (κ1) is 30.8. The maximum atomic E-state index is 14.0. The molecule has 0 spiro atoms. The van der Waals surface area contributed by atoms with Crippen molar-refractivity contribution < 1.29 is 32.3 Å². The Labute approximate surface area is 244 Å². The zero-order valence-electron chi connectivity index (χ0n) is 23.5. The van der Waals surface area contributed by atoms with Crippen molar-refractivity contribution in [2.75, 3.05) is 17.3 Å². The summed E-state index contributed by atoms with van der Waals surface area (Å²) < 4.78 is 45.8. The van der Waals surface area contributed by atoms with Crippen LogP contribution in [0.15, 0.2) is 85.2 Å². The number of para-hydroxylation sites is 1. The van der Waals surface area contributed by atoms with Crippen molar-refractivity contribution in [1.29, 1.82) is 0 Å². The van der Waals surface area contributed by atoms with Gasteiger partial charge in [-0.25, -0.2) is 9.18 Å². The van der Waals surface area contributed by atoms with E-state index in [4.69, 9.17) is 9.90 Å². The summed E-state index contributed by atoms with van der Waals surface area (Å²) in [4.78, 5) is 31.6. The van der Waals surface area contributed by atoms with Crippen LogP contribution in [-0.4, -0.2) is 40.2 Å². The van der Waals surface area contributed by atoms with E-state index in [0.29, 0.717) is 11.3 Å². The number of alkyl halides is 3. The van der Waals surface area contributed by atoms with Gasteiger partial charge in [0.1, 0.15) is 5.82 Å². The molecule has 0 saturated heterocycles. The minimum Gasteiger partial charge on any atom is -0.475 e. The van der Waals surface area contributed by atoms with Gasteiger partial charge in [0.15, 0.2) is 0 Å². The number of pyridine rings is 1. The van der Waals surface area contributed by atoms with Crippen molar-refractivity contribution in [3.8, 4) is 11.1 Å². The van der Waals surface area contributed by atoms with E-state index in [2.05, 4.69) is 15.3 Å². The number of anilines is 3. The SMILES string of the molecule is Cc1cc(-c2cc(NC(=O)Cc3c(C)[nH]c4ccccc34)ccc2N(C)c2cccnc2)ccc1F.O=C(O)C(F)(F)F. The Balaban J connectivity index is 0.000000541. The smallest absolute Gasteiger partial charge is 0.475 e. The second-order valence-corrected chi connectivity index (χ2v) is 9.77. The van der Waals surface area contributed by atoms with Crippen molar-refractivity contribution in [2.45, 2.75) is 26.4 Å². The number of nitrogens with one attached hydrogen (secondary N) is 2. The Morgan fingerprint density at radius 3 is 2.37 bits per heavy atom. The molecule has 0 unspecified atom stereocenters. The molecular formula is C32H28F4N4O3. The minimum absolute atomic E-state index is 0.0996. The molecule has 5 aromatic rings. The van der Waals surface area contributed by atoms with Gasteiger partial charge in [-0.05, 0) is 79.1 Å². The Kier molecular flexibility index (Phi) is 9.13. The number of aliphatic carboxylic acids is 1. The van der Waals surface area contributed by atoms with Crippen LogP contribution >= 0.6 is 0 Å². The number of aromatic amines is 1. The van der Waals surface area contributed by atoms with Crippen LogP contribution in [0, 0.1) is 19.7 Å². The second kappa shape index (κ2) is 12.8. The number of aryl methyl sites for hydroxylation is 2. The first-order chi connectivity index (χ1) is 20.3. The minimum atomic E-state index is -5.08. The Hall–Kier alpha value is -5.19. The van der Waals surface area contributed by atoms with Crippen LogP contribution in [0.5, 0.6) is 0 Å². The van der Waals surface area contributed by atoms with Crippen molar-refractivity contribution in [3.63, 3.8) is 0 Å². The average Bonchev–Trinajstić information content (AvgIpc) is 3.28. The molecule has 0 radical (unpaired) electrons. The molecule has 3 aromatic carbocycles. The molecule has 7 nitrogen and oxygen atoms in total. The first-order valence-electron chi connectivity index (χ1n) is 13.1. The fraction of sp³-hybridized carbons (Fsp3) is 0.156. The molecule has 0 fully saturated rings. The van der Waals surface area contributed by atoms with E-state index in [1.165, 1.54) is 6.07 Å². The highest BCUT2D eigenvalue weighted by Crippen LogP contribution is 2.37. The molecular weight excluding hydrogens is 564 g/mol. The highest BCUT2D eigenvalue weighted by molar-refractivity contribution is 5.97. The average molecular weight is 593 g/mol. The number of nitrogens with zero attached hydrogens (tertiary/aromatic N) is 2. The summed E-state index contributed by atoms with van der Waals surface area (Å²) in [5.74, 6) is -3.11. The van der Waals surface area contributed by atoms with Crippen LogP contribution in [0.1, 0.15) is 16.8 Å². The molecule has 5 rings (SSSR count). The van der Waals surface area contributed by atoms with Gasteiger partial charge in [0.2, 0.25) is 5.91 Å². The van der Waals surface area contributed by atoms with E-state index < -0.39 is 12.1 Å². The molecule has 0 aliphatic rings. The number of halogens is 4. The Bertz CT molecular complexity index is 1770. The van der Waals surface area contributed by atoms with Crippen molar-refractivity contribution in [3.05, 3.63) is 108 Å². The van der Waals surface area contributed by atoms with E-state index in [1.807, 2.05) is 79.5 Å². The quantitative estimate of drug-likeness (QED) is 0.177. The summed E-state index contributed by atoms with van der Waals surface area (Å²) in [6.45, 7) is 3.74. The van der Waals surface area contributed by atoms with Gasteiger partial charge in [-0.2, -0.15) is 13.2 Å². The fourth-order valence-electron chi connectivity index (χ4n) is 4.57. The van der Waals surface area contributed by atoms with Gasteiger partial charge < -0.3 is 20.3 Å². The van der Waals surface area contributed by atoms with Crippen LogP contribution in [0.25, 0.3) is 22.0 Å². The predicted octanol–water partition coefficient (Wildman–Crippen LogP) is 7.57. The zero-order chi connectivity index (χ0) is 31.3. The number of hydrogen-bond acceptors (Lipinski definition) is 4. The van der Waals surface area contributed by atoms with Gasteiger partial charge in [0.25, 0.3) is 0 Å². The van der Waals surface area contributed by atoms with E-state index in [1.54, 1.807) is 25.4 Å². The van der Waals surface area contributed by atoms with E-state index in [-0.39, 0.29) is 18.1 Å². The van der Waals surface area contributed by atoms with E-state index in [9.17, 15) is 22.4 Å². The highest BCUT2D eigenvalue weighted by Gasteiger charge is 2.38. The van der Waals surface area contributed by atoms with Crippen molar-refractivity contribution >= 4 is 39.8 Å². The van der Waals surface area contributed by atoms with Crippen LogP contribution < -0.4 is 10.2 Å². The lowest BCUT2D eigenvalue weighted by Gasteiger charge is -2.23. The summed E-state index contributed by atoms with van der Waals surface area (Å²) in [5.41, 5.74) is 7.82. The number of benzene rings is 3. The lowest BCUT2D eigenvalue weighted by atomic mass is 9.99. The van der Waals surface area contributed by atoms with Crippen molar-refractivity contribution in [1.82, 2.24) is 9.97 Å². The maximum absolute atomic E-state index is 14.0. The van der Waals surface area contributed by atoms with Gasteiger partial charge in [-0.3, -0.25) is 9.78 Å². The normalized spacial score (nSPS) is 11.0. The highest BCUT2D eigenvalue weighted by atomic mass is 19.4. The van der Waals surface area contributed by atoms with Gasteiger partial charge in [0, 0.05) is 46.8 Å². The van der Waals surface area contributed by atoms with Crippen LogP contribution in [-0.2, 0) is 16.0 Å². The number of fused-ring (bicyclic) bond motifs is 1. The van der Waals surface area contributed by atoms with E-state index >= 15 is 0 Å². The van der Waals surface area contributed by atoms with E-state index in [0.717, 1.165) is 44.7 Å². The first-order valence-corrected chi connectivity index (χ1v) is 13.1. The third-order valence-corrected chi connectivity index (χ3v) is 6.75. The Morgan fingerprint density at radius 1 is 1.00 bits per heavy atom. The Morgan fingerprint density at radius 2 is 1.72 bits per heavy atom. The molecule has 1 amide bonds. The lowest BCUT2D eigenvalue weighted by molar-refractivity contribution is -0.192. The maximum Gasteiger partial charge on any atom is 0.490 e. The summed E-state index contributed by atoms with van der Waals surface area (Å²) in [6, 6.07) is 22.7. The molecule has 222 valence electrons. The third kappa shape index (κ3) is 7.37. The second-order valence-electron chi connectivity index (χ2n) is 9.77. The number of carbonyl (C=O) groups excluding carboxylic acids is 1. The number of carboxylic acid groups (broad SMARTS) is 1. The standard InChI is InChI=1S/C30H27FN4O.C2HF3O2/c1-19-15-21(10-12-27(19)31)26-16-22(11-13-29(26)35(3)23-7-6-14-32-18-23)34-30(36)17-25-20(2)33-28-9-5-4-8-24(25)28;3-2(4,5)1(6)7/h4-16,18,33H,17H2,1-3H3,(H,34,36);(H,6,7). The van der Waals surface area contributed by atoms with Gasteiger partial charge in [0.05, 0.1) is 18.3 Å². The molecule has 0 saturated carbocycles. The van der Waals surface area contributed by atoms with Gasteiger partial charge in [-0.1, -0.05) is 24.3 Å². The van der Waals surface area contributed by atoms with Crippen LogP contribution in [0.2, 0.25) is 0 Å². The number of hydrogen-bond donors (Lipinski definition) is 3. The summed E-state index contributed by atoms with van der Waals surface area (Å²) in [5, 5.41) is 11.2. The molecule has 2 heterocycles. The van der Waals surface area contributed by atoms with Crippen LogP contribution in [0.4, 0.5) is 34.6 Å². The summed E-state index contributed by atoms with van der Waals surface area (Å²) in [7, 11) is 1.96. The fourth-order valence-corrected chi connectivity index (χ4v) is 4.57. The monoisotopic (exact) mass is 592 g/mol. The van der Waals surface area contributed by atoms with Gasteiger partial charge in [-0.15, -0.1) is 0 Å². The molecule has 2 aromatic heterocycles. The topological polar surface area (TPSA) is 98.3 Å². The number of carboxylic acids is 1. The third-order valence-electron chi connectivity index (χ3n) is 6.75. The van der Waals surface area contributed by atoms with Crippen LogP contribution in [0.3, 0.4) is 0 Å². The zero-order valence-corrected chi connectivity index (χ0v) is 23.5. The van der Waals surface area contributed by atoms with Crippen molar-refractivity contribution in [2.24, 2.45) is 0 Å². The molecule has 0 aliphatic heterocycles. The lowest BCUT2D eigenvalue weighted by Crippen LogP contribution is -2.21. The molecule has 0 aliphatic carbocycles. The number of aromatic nitrogens is 2. The summed E-state index contributed by atoms with van der Waals surface area (Å²) in [6.07, 6.45) is -1.30. The molecule has 0 atom stereocenters. The molecule has 3 N–H and O–H groups in total. The predicted molar refractivity (Wildman–Crippen MR) is 158 cm³/mol. The number of H-pyrrole nitrogens is 1. The number of amides is 1. The molecule has 0 bridgehead atoms.